The van der Waals surface area contributed by atoms with Gasteiger partial charge in [-0.1, -0.05) is 12.1 Å². The van der Waals surface area contributed by atoms with Crippen LogP contribution in [0.1, 0.15) is 12.7 Å². The topological polar surface area (TPSA) is 76.4 Å². The summed E-state index contributed by atoms with van der Waals surface area (Å²) in [4.78, 5) is 12.0. The third-order valence-electron chi connectivity index (χ3n) is 2.76. The Balaban J connectivity index is 1.95. The van der Waals surface area contributed by atoms with Gasteiger partial charge in [-0.2, -0.15) is 0 Å². The average Bonchev–Trinajstić information content (AvgIpc) is 2.88. The van der Waals surface area contributed by atoms with E-state index in [1.807, 2.05) is 6.92 Å². The second-order valence-corrected chi connectivity index (χ2v) is 4.12. The fraction of sp³-hybridized carbons (Fsp3) is 0.636. The minimum Gasteiger partial charge on any atom is -0.379 e. The molecule has 1 amide bonds. The summed E-state index contributed by atoms with van der Waals surface area (Å²) in [5.41, 5.74) is 0. The lowest BCUT2D eigenvalue weighted by atomic mass is 10.0. The Bertz CT molecular complexity index is 391. The number of amides is 1. The first-order valence-electron chi connectivity index (χ1n) is 5.76. The number of carbonyl (C=O) groups excluding carboxylic acids is 1. The van der Waals surface area contributed by atoms with Gasteiger partial charge < -0.3 is 19.9 Å². The summed E-state index contributed by atoms with van der Waals surface area (Å²) in [6.45, 7) is 5.63. The van der Waals surface area contributed by atoms with E-state index in [4.69, 9.17) is 9.26 Å². The molecule has 1 aliphatic heterocycles. The summed E-state index contributed by atoms with van der Waals surface area (Å²) < 4.78 is 10.2. The molecule has 17 heavy (non-hydrogen) atoms. The van der Waals surface area contributed by atoms with E-state index in [1.54, 1.807) is 13.0 Å². The minimum absolute atomic E-state index is 0.0768. The highest BCUT2D eigenvalue weighted by molar-refractivity contribution is 5.92. The Morgan fingerprint density at radius 2 is 2.41 bits per heavy atom. The number of ether oxygens (including phenoxy) is 1. The quantitative estimate of drug-likeness (QED) is 0.802. The van der Waals surface area contributed by atoms with E-state index in [0.29, 0.717) is 24.8 Å². The van der Waals surface area contributed by atoms with Crippen LogP contribution >= 0.6 is 0 Å². The van der Waals surface area contributed by atoms with Gasteiger partial charge in [-0.25, -0.2) is 0 Å². The highest BCUT2D eigenvalue weighted by Crippen LogP contribution is 2.16. The molecule has 6 nitrogen and oxygen atoms in total. The van der Waals surface area contributed by atoms with Gasteiger partial charge in [0.2, 0.25) is 5.91 Å². The van der Waals surface area contributed by atoms with Crippen molar-refractivity contribution in [3.05, 3.63) is 11.8 Å². The summed E-state index contributed by atoms with van der Waals surface area (Å²) in [6.07, 6.45) is 0. The molecule has 1 aromatic rings. The normalized spacial score (nSPS) is 23.9. The van der Waals surface area contributed by atoms with Crippen molar-refractivity contribution < 1.29 is 14.1 Å². The van der Waals surface area contributed by atoms with Gasteiger partial charge in [0.05, 0.1) is 19.1 Å². The van der Waals surface area contributed by atoms with Crippen LogP contribution in [-0.4, -0.2) is 36.9 Å². The molecule has 0 aromatic carbocycles. The fourth-order valence-electron chi connectivity index (χ4n) is 1.92. The molecule has 1 aromatic heterocycles. The molecule has 1 fully saturated rings. The molecule has 6 heteroatoms. The summed E-state index contributed by atoms with van der Waals surface area (Å²) in [5.74, 6) is 0.870. The molecular formula is C11H17N3O3. The van der Waals surface area contributed by atoms with Crippen molar-refractivity contribution in [3.63, 3.8) is 0 Å². The third kappa shape index (κ3) is 2.83. The average molecular weight is 239 g/mol. The number of hydrogen-bond donors (Lipinski definition) is 2. The van der Waals surface area contributed by atoms with Crippen molar-refractivity contribution in [2.75, 3.05) is 25.1 Å². The summed E-state index contributed by atoms with van der Waals surface area (Å²) in [5, 5.41) is 9.70. The number of aromatic nitrogens is 1. The van der Waals surface area contributed by atoms with Crippen molar-refractivity contribution in [1.82, 2.24) is 10.5 Å². The van der Waals surface area contributed by atoms with Gasteiger partial charge in [0.25, 0.3) is 0 Å². The molecule has 2 rings (SSSR count). The van der Waals surface area contributed by atoms with Crippen LogP contribution in [0.2, 0.25) is 0 Å². The summed E-state index contributed by atoms with van der Waals surface area (Å²) in [6, 6.07) is 1.77. The van der Waals surface area contributed by atoms with Crippen molar-refractivity contribution >= 4 is 11.7 Å². The number of carbonyl (C=O) groups is 1. The number of rotatable bonds is 4. The van der Waals surface area contributed by atoms with Crippen molar-refractivity contribution in [1.29, 1.82) is 0 Å². The van der Waals surface area contributed by atoms with Crippen LogP contribution in [-0.2, 0) is 9.53 Å². The Morgan fingerprint density at radius 3 is 3.06 bits per heavy atom. The van der Waals surface area contributed by atoms with E-state index in [1.165, 1.54) is 0 Å². The zero-order chi connectivity index (χ0) is 12.3. The van der Waals surface area contributed by atoms with Crippen LogP contribution in [0.25, 0.3) is 0 Å². The van der Waals surface area contributed by atoms with E-state index in [-0.39, 0.29) is 17.9 Å². The standard InChI is InChI=1S/C11H17N3O3/c1-3-12-9-6-16-5-8(9)11(15)13-10-4-7(2)17-14-10/h4,8-9,12H,3,5-6H2,1-2H3,(H,13,14,15). The predicted octanol–water partition coefficient (Wildman–Crippen LogP) is 0.546. The second kappa shape index (κ2) is 5.29. The number of nitrogens with zero attached hydrogens (tertiary/aromatic N) is 1. The van der Waals surface area contributed by atoms with Crippen molar-refractivity contribution in [2.24, 2.45) is 5.92 Å². The van der Waals surface area contributed by atoms with Gasteiger partial charge in [0.15, 0.2) is 5.82 Å². The predicted molar refractivity (Wildman–Crippen MR) is 61.6 cm³/mol. The maximum absolute atomic E-state index is 12.0. The first kappa shape index (κ1) is 12.1. The molecule has 2 heterocycles. The van der Waals surface area contributed by atoms with E-state index in [9.17, 15) is 4.79 Å². The molecule has 1 aliphatic rings. The number of likely N-dealkylation sites (N-methyl/N-ethyl adjacent to an activating group) is 1. The molecule has 94 valence electrons. The summed E-state index contributed by atoms with van der Waals surface area (Å²) in [7, 11) is 0. The van der Waals surface area contributed by atoms with Gasteiger partial charge in [-0.3, -0.25) is 4.79 Å². The Hall–Kier alpha value is -1.40. The molecule has 0 saturated carbocycles. The SMILES string of the molecule is CCNC1COCC1C(=O)Nc1cc(C)on1. The van der Waals surface area contributed by atoms with Crippen LogP contribution in [0.15, 0.2) is 10.6 Å². The summed E-state index contributed by atoms with van der Waals surface area (Å²) >= 11 is 0. The van der Waals surface area contributed by atoms with E-state index < -0.39 is 0 Å². The Labute approximate surface area is 99.7 Å². The van der Waals surface area contributed by atoms with Gasteiger partial charge in [0, 0.05) is 12.1 Å². The lowest BCUT2D eigenvalue weighted by molar-refractivity contribution is -0.120. The maximum Gasteiger partial charge on any atom is 0.232 e. The lowest BCUT2D eigenvalue weighted by Crippen LogP contribution is -2.41. The minimum atomic E-state index is -0.174. The van der Waals surface area contributed by atoms with Crippen LogP contribution in [0.3, 0.4) is 0 Å². The molecule has 2 unspecified atom stereocenters. The lowest BCUT2D eigenvalue weighted by Gasteiger charge is -2.16. The molecule has 0 aliphatic carbocycles. The third-order valence-corrected chi connectivity index (χ3v) is 2.76. The first-order valence-corrected chi connectivity index (χ1v) is 5.76. The Morgan fingerprint density at radius 1 is 1.59 bits per heavy atom. The highest BCUT2D eigenvalue weighted by Gasteiger charge is 2.33. The highest BCUT2D eigenvalue weighted by atomic mass is 16.5. The molecular weight excluding hydrogens is 222 g/mol. The smallest absolute Gasteiger partial charge is 0.232 e. The maximum atomic E-state index is 12.0. The number of nitrogens with one attached hydrogen (secondary N) is 2. The van der Waals surface area contributed by atoms with Crippen LogP contribution in [0, 0.1) is 12.8 Å². The molecule has 0 bridgehead atoms. The molecule has 2 atom stereocenters. The molecule has 2 N–H and O–H groups in total. The van der Waals surface area contributed by atoms with E-state index in [2.05, 4.69) is 15.8 Å². The van der Waals surface area contributed by atoms with Gasteiger partial charge in [-0.15, -0.1) is 0 Å². The van der Waals surface area contributed by atoms with Crippen LogP contribution < -0.4 is 10.6 Å². The van der Waals surface area contributed by atoms with Crippen LogP contribution in [0.4, 0.5) is 5.82 Å². The van der Waals surface area contributed by atoms with Gasteiger partial charge >= 0.3 is 0 Å². The zero-order valence-electron chi connectivity index (χ0n) is 10.0. The van der Waals surface area contributed by atoms with Gasteiger partial charge in [0.1, 0.15) is 5.76 Å². The fourth-order valence-corrected chi connectivity index (χ4v) is 1.92. The number of aryl methyl sites for hydroxylation is 1. The second-order valence-electron chi connectivity index (χ2n) is 4.12. The van der Waals surface area contributed by atoms with Gasteiger partial charge in [-0.05, 0) is 13.5 Å². The largest absolute Gasteiger partial charge is 0.379 e. The first-order chi connectivity index (χ1) is 8.20. The molecule has 0 spiro atoms. The molecule has 1 saturated heterocycles. The van der Waals surface area contributed by atoms with Crippen molar-refractivity contribution in [2.45, 2.75) is 19.9 Å². The van der Waals surface area contributed by atoms with E-state index >= 15 is 0 Å². The van der Waals surface area contributed by atoms with Crippen molar-refractivity contribution in [3.8, 4) is 0 Å². The number of hydrogen-bond acceptors (Lipinski definition) is 5. The monoisotopic (exact) mass is 239 g/mol. The van der Waals surface area contributed by atoms with Crippen LogP contribution in [0.5, 0.6) is 0 Å². The molecule has 0 radical (unpaired) electrons. The Kier molecular flexibility index (Phi) is 3.75. The van der Waals surface area contributed by atoms with E-state index in [0.717, 1.165) is 6.54 Å². The number of anilines is 1. The zero-order valence-corrected chi connectivity index (χ0v) is 10.0.